The Morgan fingerprint density at radius 1 is 1.28 bits per heavy atom. The van der Waals surface area contributed by atoms with Crippen molar-refractivity contribution in [1.82, 2.24) is 4.98 Å². The van der Waals surface area contributed by atoms with E-state index in [0.717, 1.165) is 23.4 Å². The van der Waals surface area contributed by atoms with E-state index in [9.17, 15) is 0 Å². The average molecular weight is 247 g/mol. The van der Waals surface area contributed by atoms with Crippen molar-refractivity contribution in [3.63, 3.8) is 0 Å². The first-order valence-corrected chi connectivity index (χ1v) is 6.47. The number of hydrogen-bond acceptors (Lipinski definition) is 4. The van der Waals surface area contributed by atoms with Gasteiger partial charge in [0.2, 0.25) is 0 Å². The first-order valence-electron chi connectivity index (χ1n) is 6.47. The van der Waals surface area contributed by atoms with Crippen LogP contribution in [-0.4, -0.2) is 11.0 Å². The van der Waals surface area contributed by atoms with Gasteiger partial charge in [0.05, 0.1) is 0 Å². The summed E-state index contributed by atoms with van der Waals surface area (Å²) in [5.74, 6) is 0.720. The van der Waals surface area contributed by atoms with Gasteiger partial charge in [0.25, 0.3) is 6.01 Å². The van der Waals surface area contributed by atoms with E-state index in [1.165, 1.54) is 6.42 Å². The van der Waals surface area contributed by atoms with Crippen LogP contribution in [0.15, 0.2) is 22.6 Å². The van der Waals surface area contributed by atoms with E-state index in [4.69, 9.17) is 10.2 Å². The van der Waals surface area contributed by atoms with Crippen LogP contribution >= 0.6 is 0 Å². The van der Waals surface area contributed by atoms with Crippen LogP contribution in [0.1, 0.15) is 33.6 Å². The molecule has 4 nitrogen and oxygen atoms in total. The van der Waals surface area contributed by atoms with Gasteiger partial charge in [-0.15, -0.1) is 0 Å². The summed E-state index contributed by atoms with van der Waals surface area (Å²) < 4.78 is 5.62. The van der Waals surface area contributed by atoms with E-state index in [1.54, 1.807) is 0 Å². The number of rotatable bonds is 5. The van der Waals surface area contributed by atoms with Gasteiger partial charge < -0.3 is 15.5 Å². The second-order valence-electron chi connectivity index (χ2n) is 5.26. The Labute approximate surface area is 108 Å². The lowest BCUT2D eigenvalue weighted by molar-refractivity contribution is 0.515. The van der Waals surface area contributed by atoms with Crippen LogP contribution in [0.4, 0.5) is 11.7 Å². The van der Waals surface area contributed by atoms with Gasteiger partial charge in [-0.2, -0.15) is 4.98 Å². The molecule has 0 radical (unpaired) electrons. The van der Waals surface area contributed by atoms with E-state index in [1.807, 2.05) is 18.2 Å². The average Bonchev–Trinajstić information content (AvgIpc) is 2.67. The topological polar surface area (TPSA) is 64.1 Å². The van der Waals surface area contributed by atoms with Gasteiger partial charge in [-0.1, -0.05) is 13.8 Å². The number of nitrogens with one attached hydrogen (secondary N) is 1. The molecule has 2 aromatic rings. The molecule has 4 heteroatoms. The zero-order valence-electron chi connectivity index (χ0n) is 11.2. The third-order valence-electron chi connectivity index (χ3n) is 2.96. The molecular weight excluding hydrogens is 226 g/mol. The van der Waals surface area contributed by atoms with Crippen LogP contribution in [0, 0.1) is 5.92 Å². The summed E-state index contributed by atoms with van der Waals surface area (Å²) in [6.45, 7) is 6.61. The molecule has 0 aliphatic heterocycles. The summed E-state index contributed by atoms with van der Waals surface area (Å²) in [6.07, 6.45) is 2.31. The summed E-state index contributed by atoms with van der Waals surface area (Å²) in [7, 11) is 0. The van der Waals surface area contributed by atoms with Crippen LogP contribution in [0.25, 0.3) is 11.1 Å². The van der Waals surface area contributed by atoms with Crippen LogP contribution in [0.5, 0.6) is 0 Å². The van der Waals surface area contributed by atoms with Crippen molar-refractivity contribution in [1.29, 1.82) is 0 Å². The molecule has 0 bridgehead atoms. The van der Waals surface area contributed by atoms with Crippen molar-refractivity contribution >= 4 is 22.8 Å². The fourth-order valence-corrected chi connectivity index (χ4v) is 1.87. The van der Waals surface area contributed by atoms with Crippen LogP contribution in [0.3, 0.4) is 0 Å². The molecule has 0 saturated heterocycles. The van der Waals surface area contributed by atoms with Crippen LogP contribution < -0.4 is 11.1 Å². The van der Waals surface area contributed by atoms with E-state index in [2.05, 4.69) is 31.1 Å². The molecule has 0 spiro atoms. The molecule has 3 N–H and O–H groups in total. The molecule has 18 heavy (non-hydrogen) atoms. The third-order valence-corrected chi connectivity index (χ3v) is 2.96. The standard InChI is InChI=1S/C14H21N3O/c1-9(2)4-5-10(3)16-14-17-12-8-11(15)6-7-13(12)18-14/h6-10H,4-5,15H2,1-3H3,(H,16,17). The molecule has 1 aromatic carbocycles. The summed E-state index contributed by atoms with van der Waals surface area (Å²) in [5, 5.41) is 3.29. The number of oxazole rings is 1. The smallest absolute Gasteiger partial charge is 0.295 e. The molecule has 1 unspecified atom stereocenters. The van der Waals surface area contributed by atoms with Gasteiger partial charge in [-0.25, -0.2) is 0 Å². The number of aromatic nitrogens is 1. The Bertz CT molecular complexity index is 519. The molecule has 0 aliphatic carbocycles. The van der Waals surface area contributed by atoms with Gasteiger partial charge in [-0.3, -0.25) is 0 Å². The Hall–Kier alpha value is -1.71. The lowest BCUT2D eigenvalue weighted by atomic mass is 10.0. The highest BCUT2D eigenvalue weighted by Crippen LogP contribution is 2.22. The zero-order valence-corrected chi connectivity index (χ0v) is 11.2. The van der Waals surface area contributed by atoms with E-state index >= 15 is 0 Å². The molecule has 1 atom stereocenters. The van der Waals surface area contributed by atoms with Crippen molar-refractivity contribution in [2.45, 2.75) is 39.7 Å². The highest BCUT2D eigenvalue weighted by atomic mass is 16.4. The van der Waals surface area contributed by atoms with Crippen molar-refractivity contribution in [3.8, 4) is 0 Å². The maximum Gasteiger partial charge on any atom is 0.295 e. The number of nitrogens with two attached hydrogens (primary N) is 1. The summed E-state index contributed by atoms with van der Waals surface area (Å²) in [4.78, 5) is 4.38. The number of fused-ring (bicyclic) bond motifs is 1. The highest BCUT2D eigenvalue weighted by molar-refractivity contribution is 5.78. The summed E-state index contributed by atoms with van der Waals surface area (Å²) in [5.41, 5.74) is 7.98. The van der Waals surface area contributed by atoms with Gasteiger partial charge >= 0.3 is 0 Å². The summed E-state index contributed by atoms with van der Waals surface area (Å²) in [6, 6.07) is 6.42. The molecular formula is C14H21N3O. The number of nitrogens with zero attached hydrogens (tertiary/aromatic N) is 1. The van der Waals surface area contributed by atoms with Crippen molar-refractivity contribution < 1.29 is 4.42 Å². The minimum atomic E-state index is 0.359. The molecule has 0 aliphatic rings. The largest absolute Gasteiger partial charge is 0.424 e. The molecule has 1 aromatic heterocycles. The predicted octanol–water partition coefficient (Wildman–Crippen LogP) is 3.65. The molecule has 0 fully saturated rings. The molecule has 2 rings (SSSR count). The first-order chi connectivity index (χ1) is 8.54. The Balaban J connectivity index is 2.03. The minimum Gasteiger partial charge on any atom is -0.424 e. The molecule has 0 amide bonds. The maximum atomic E-state index is 5.71. The fourth-order valence-electron chi connectivity index (χ4n) is 1.87. The van der Waals surface area contributed by atoms with Crippen molar-refractivity contribution in [3.05, 3.63) is 18.2 Å². The van der Waals surface area contributed by atoms with Crippen molar-refractivity contribution in [2.75, 3.05) is 11.1 Å². The number of benzene rings is 1. The van der Waals surface area contributed by atoms with Gasteiger partial charge in [-0.05, 0) is 43.9 Å². The second kappa shape index (κ2) is 5.29. The van der Waals surface area contributed by atoms with Crippen LogP contribution in [-0.2, 0) is 0 Å². The van der Waals surface area contributed by atoms with E-state index in [0.29, 0.717) is 17.7 Å². The lowest BCUT2D eigenvalue weighted by Crippen LogP contribution is -2.15. The SMILES string of the molecule is CC(C)CCC(C)Nc1nc2cc(N)ccc2o1. The molecule has 98 valence electrons. The monoisotopic (exact) mass is 247 g/mol. The van der Waals surface area contributed by atoms with E-state index < -0.39 is 0 Å². The Kier molecular flexibility index (Phi) is 3.75. The number of hydrogen-bond donors (Lipinski definition) is 2. The van der Waals surface area contributed by atoms with Gasteiger partial charge in [0.1, 0.15) is 5.52 Å². The van der Waals surface area contributed by atoms with Gasteiger partial charge in [0, 0.05) is 11.7 Å². The zero-order chi connectivity index (χ0) is 13.1. The second-order valence-corrected chi connectivity index (χ2v) is 5.26. The third kappa shape index (κ3) is 3.15. The molecule has 0 saturated carbocycles. The lowest BCUT2D eigenvalue weighted by Gasteiger charge is -2.12. The normalized spacial score (nSPS) is 13.1. The molecule has 1 heterocycles. The van der Waals surface area contributed by atoms with E-state index in [-0.39, 0.29) is 0 Å². The predicted molar refractivity (Wildman–Crippen MR) is 75.6 cm³/mol. The summed E-state index contributed by atoms with van der Waals surface area (Å²) >= 11 is 0. The minimum absolute atomic E-state index is 0.359. The number of nitrogen functional groups attached to an aromatic ring is 1. The quantitative estimate of drug-likeness (QED) is 0.792. The fraction of sp³-hybridized carbons (Fsp3) is 0.500. The van der Waals surface area contributed by atoms with Gasteiger partial charge in [0.15, 0.2) is 5.58 Å². The Morgan fingerprint density at radius 2 is 2.06 bits per heavy atom. The van der Waals surface area contributed by atoms with Crippen molar-refractivity contribution in [2.24, 2.45) is 5.92 Å². The highest BCUT2D eigenvalue weighted by Gasteiger charge is 2.09. The first kappa shape index (κ1) is 12.7. The van der Waals surface area contributed by atoms with Crippen LogP contribution in [0.2, 0.25) is 0 Å². The number of anilines is 2. The Morgan fingerprint density at radius 3 is 2.78 bits per heavy atom. The maximum absolute atomic E-state index is 5.71.